The summed E-state index contributed by atoms with van der Waals surface area (Å²) in [5.74, 6) is -0.371. The van der Waals surface area contributed by atoms with Crippen molar-refractivity contribution >= 4 is 12.0 Å². The molecule has 2 amide bonds. The zero-order valence-electron chi connectivity index (χ0n) is 13.9. The van der Waals surface area contributed by atoms with Crippen molar-refractivity contribution in [3.63, 3.8) is 0 Å². The number of urea groups is 1. The Morgan fingerprint density at radius 1 is 1.32 bits per heavy atom. The van der Waals surface area contributed by atoms with Gasteiger partial charge < -0.3 is 20.1 Å². The molecule has 1 aliphatic rings. The zero-order chi connectivity index (χ0) is 16.4. The predicted octanol–water partition coefficient (Wildman–Crippen LogP) is 0.596. The fourth-order valence-corrected chi connectivity index (χ4v) is 2.32. The highest BCUT2D eigenvalue weighted by atomic mass is 16.5. The highest BCUT2D eigenvalue weighted by molar-refractivity contribution is 5.83. The van der Waals surface area contributed by atoms with Gasteiger partial charge in [0.2, 0.25) is 0 Å². The first kappa shape index (κ1) is 18.7. The summed E-state index contributed by atoms with van der Waals surface area (Å²) in [5, 5.41) is 5.49. The van der Waals surface area contributed by atoms with Gasteiger partial charge in [0.1, 0.15) is 6.04 Å². The summed E-state index contributed by atoms with van der Waals surface area (Å²) in [6, 6.07) is -0.924. The van der Waals surface area contributed by atoms with Gasteiger partial charge in [-0.25, -0.2) is 9.59 Å². The molecule has 1 saturated heterocycles. The quantitative estimate of drug-likeness (QED) is 0.506. The van der Waals surface area contributed by atoms with Crippen molar-refractivity contribution in [3.05, 3.63) is 0 Å². The Labute approximate surface area is 132 Å². The second-order valence-corrected chi connectivity index (χ2v) is 5.59. The van der Waals surface area contributed by atoms with Gasteiger partial charge in [-0.05, 0) is 18.9 Å². The van der Waals surface area contributed by atoms with Crippen LogP contribution in [-0.2, 0) is 14.3 Å². The number of hydrogen-bond donors (Lipinski definition) is 2. The molecule has 0 spiro atoms. The number of esters is 1. The van der Waals surface area contributed by atoms with Crippen LogP contribution in [0.15, 0.2) is 0 Å². The van der Waals surface area contributed by atoms with E-state index in [-0.39, 0.29) is 11.9 Å². The van der Waals surface area contributed by atoms with E-state index in [0.29, 0.717) is 6.54 Å². The number of carbonyl (C=O) groups is 2. The molecule has 22 heavy (non-hydrogen) atoms. The van der Waals surface area contributed by atoms with Gasteiger partial charge >= 0.3 is 12.0 Å². The first-order valence-electron chi connectivity index (χ1n) is 8.00. The largest absolute Gasteiger partial charge is 0.467 e. The van der Waals surface area contributed by atoms with E-state index >= 15 is 0 Å². The number of ether oxygens (including phenoxy) is 2. The van der Waals surface area contributed by atoms with Crippen LogP contribution < -0.4 is 10.6 Å². The third kappa shape index (κ3) is 6.62. The van der Waals surface area contributed by atoms with Crippen molar-refractivity contribution < 1.29 is 19.1 Å². The average molecular weight is 315 g/mol. The highest BCUT2D eigenvalue weighted by Gasteiger charge is 2.26. The fourth-order valence-electron chi connectivity index (χ4n) is 2.32. The molecule has 0 aliphatic carbocycles. The van der Waals surface area contributed by atoms with Crippen molar-refractivity contribution in [1.29, 1.82) is 0 Å². The van der Waals surface area contributed by atoms with Gasteiger partial charge in [0.05, 0.1) is 20.3 Å². The third-order valence-corrected chi connectivity index (χ3v) is 4.00. The Morgan fingerprint density at radius 2 is 2.00 bits per heavy atom. The van der Waals surface area contributed by atoms with Gasteiger partial charge in [-0.2, -0.15) is 0 Å². The van der Waals surface area contributed by atoms with Crippen molar-refractivity contribution in [2.24, 2.45) is 5.92 Å². The second kappa shape index (κ2) is 10.4. The lowest BCUT2D eigenvalue weighted by molar-refractivity contribution is -0.144. The first-order chi connectivity index (χ1) is 10.6. The number of nitrogens with one attached hydrogen (secondary N) is 2. The van der Waals surface area contributed by atoms with Crippen LogP contribution in [0.25, 0.3) is 0 Å². The number of hydrogen-bond acceptors (Lipinski definition) is 5. The molecule has 1 rings (SSSR count). The minimum absolute atomic E-state index is 0.0338. The van der Waals surface area contributed by atoms with Crippen LogP contribution in [0.5, 0.6) is 0 Å². The molecule has 7 nitrogen and oxygen atoms in total. The van der Waals surface area contributed by atoms with Crippen molar-refractivity contribution in [3.8, 4) is 0 Å². The maximum atomic E-state index is 11.9. The standard InChI is InChI=1S/C15H29N3O4/c1-4-12(2)13(14(19)21-3)17-15(20)16-6-5-7-18-8-10-22-11-9-18/h12-13H,4-11H2,1-3H3,(H2,16,17,20)/t12?,13-/m0/s1. The van der Waals surface area contributed by atoms with E-state index in [1.54, 1.807) is 0 Å². The lowest BCUT2D eigenvalue weighted by Gasteiger charge is -2.26. The summed E-state index contributed by atoms with van der Waals surface area (Å²) in [6.07, 6.45) is 1.66. The number of methoxy groups -OCH3 is 1. The monoisotopic (exact) mass is 315 g/mol. The minimum atomic E-state index is -0.603. The molecule has 0 saturated carbocycles. The maximum absolute atomic E-state index is 11.9. The predicted molar refractivity (Wildman–Crippen MR) is 83.7 cm³/mol. The summed E-state index contributed by atoms with van der Waals surface area (Å²) in [7, 11) is 1.33. The summed E-state index contributed by atoms with van der Waals surface area (Å²) in [6.45, 7) is 8.87. The molecule has 1 aliphatic heterocycles. The highest BCUT2D eigenvalue weighted by Crippen LogP contribution is 2.09. The van der Waals surface area contributed by atoms with Crippen LogP contribution in [0.1, 0.15) is 26.7 Å². The number of amides is 2. The lowest BCUT2D eigenvalue weighted by atomic mass is 9.99. The summed E-state index contributed by atoms with van der Waals surface area (Å²) in [4.78, 5) is 25.9. The van der Waals surface area contributed by atoms with Gasteiger partial charge in [-0.3, -0.25) is 4.90 Å². The summed E-state index contributed by atoms with van der Waals surface area (Å²) < 4.78 is 10.0. The van der Waals surface area contributed by atoms with E-state index in [9.17, 15) is 9.59 Å². The number of nitrogens with zero attached hydrogens (tertiary/aromatic N) is 1. The molecule has 1 heterocycles. The van der Waals surface area contributed by atoms with E-state index in [1.165, 1.54) is 7.11 Å². The first-order valence-corrected chi connectivity index (χ1v) is 8.00. The van der Waals surface area contributed by atoms with Gasteiger partial charge in [-0.15, -0.1) is 0 Å². The van der Waals surface area contributed by atoms with Crippen LogP contribution in [0.2, 0.25) is 0 Å². The Morgan fingerprint density at radius 3 is 2.59 bits per heavy atom. The van der Waals surface area contributed by atoms with Gasteiger partial charge in [-0.1, -0.05) is 20.3 Å². The normalized spacial score (nSPS) is 18.3. The van der Waals surface area contributed by atoms with Crippen LogP contribution in [-0.4, -0.2) is 69.4 Å². The van der Waals surface area contributed by atoms with E-state index < -0.39 is 12.0 Å². The Bertz CT molecular complexity index is 346. The fraction of sp³-hybridized carbons (Fsp3) is 0.867. The molecular formula is C15H29N3O4. The molecule has 7 heteroatoms. The van der Waals surface area contributed by atoms with Crippen LogP contribution >= 0.6 is 0 Å². The Balaban J connectivity index is 2.23. The summed E-state index contributed by atoms with van der Waals surface area (Å²) >= 11 is 0. The average Bonchev–Trinajstić information content (AvgIpc) is 2.56. The lowest BCUT2D eigenvalue weighted by Crippen LogP contribution is -2.50. The molecular weight excluding hydrogens is 286 g/mol. The third-order valence-electron chi connectivity index (χ3n) is 4.00. The second-order valence-electron chi connectivity index (χ2n) is 5.59. The number of rotatable bonds is 8. The molecule has 0 aromatic carbocycles. The van der Waals surface area contributed by atoms with Crippen molar-refractivity contribution in [1.82, 2.24) is 15.5 Å². The molecule has 0 bridgehead atoms. The molecule has 1 unspecified atom stereocenters. The van der Waals surface area contributed by atoms with Crippen LogP contribution in [0, 0.1) is 5.92 Å². The van der Waals surface area contributed by atoms with Gasteiger partial charge in [0, 0.05) is 19.6 Å². The van der Waals surface area contributed by atoms with Gasteiger partial charge in [0.15, 0.2) is 0 Å². The van der Waals surface area contributed by atoms with Gasteiger partial charge in [0.25, 0.3) is 0 Å². The minimum Gasteiger partial charge on any atom is -0.467 e. The van der Waals surface area contributed by atoms with E-state index in [0.717, 1.165) is 45.7 Å². The van der Waals surface area contributed by atoms with Crippen molar-refractivity contribution in [2.75, 3.05) is 46.5 Å². The molecule has 0 aromatic heterocycles. The smallest absolute Gasteiger partial charge is 0.328 e. The molecule has 1 fully saturated rings. The Kier molecular flexibility index (Phi) is 8.84. The molecule has 0 aromatic rings. The molecule has 2 N–H and O–H groups in total. The van der Waals surface area contributed by atoms with E-state index in [2.05, 4.69) is 15.5 Å². The topological polar surface area (TPSA) is 79.9 Å². The zero-order valence-corrected chi connectivity index (χ0v) is 13.9. The van der Waals surface area contributed by atoms with E-state index in [4.69, 9.17) is 9.47 Å². The van der Waals surface area contributed by atoms with Crippen molar-refractivity contribution in [2.45, 2.75) is 32.7 Å². The summed E-state index contributed by atoms with van der Waals surface area (Å²) in [5.41, 5.74) is 0. The SMILES string of the molecule is CCC(C)[C@H](NC(=O)NCCCN1CCOCC1)C(=O)OC. The number of carbonyl (C=O) groups excluding carboxylic acids is 2. The van der Waals surface area contributed by atoms with Crippen LogP contribution in [0.4, 0.5) is 4.79 Å². The maximum Gasteiger partial charge on any atom is 0.328 e. The van der Waals surface area contributed by atoms with Crippen LogP contribution in [0.3, 0.4) is 0 Å². The Hall–Kier alpha value is -1.34. The molecule has 2 atom stereocenters. The number of morpholine rings is 1. The molecule has 0 radical (unpaired) electrons. The molecule has 128 valence electrons. The van der Waals surface area contributed by atoms with E-state index in [1.807, 2.05) is 13.8 Å².